The van der Waals surface area contributed by atoms with Crippen molar-refractivity contribution in [2.75, 3.05) is 18.5 Å². The molecule has 1 aromatic rings. The number of aliphatic hydroxyl groups excluding tert-OH is 1. The second-order valence-corrected chi connectivity index (χ2v) is 7.59. The Kier molecular flexibility index (Phi) is 11.0. The summed E-state index contributed by atoms with van der Waals surface area (Å²) in [6, 6.07) is 6.28. The van der Waals surface area contributed by atoms with Crippen LogP contribution in [0.5, 0.6) is 0 Å². The number of hydrogen-bond donors (Lipinski definition) is 3. The molecule has 0 saturated heterocycles. The molecule has 7 heteroatoms. The lowest BCUT2D eigenvalue weighted by Gasteiger charge is -2.23. The Hall–Kier alpha value is -2.41. The first kappa shape index (κ1) is 24.6. The van der Waals surface area contributed by atoms with Crippen LogP contribution in [0.1, 0.15) is 58.4 Å². The largest absolute Gasteiger partial charge is 0.392 e. The molecule has 0 bridgehead atoms. The number of nitrogens with one attached hydrogen (secondary N) is 2. The van der Waals surface area contributed by atoms with Crippen molar-refractivity contribution in [3.63, 3.8) is 0 Å². The van der Waals surface area contributed by atoms with Crippen LogP contribution in [0.2, 0.25) is 0 Å². The van der Waals surface area contributed by atoms with Gasteiger partial charge in [0.1, 0.15) is 6.04 Å². The van der Waals surface area contributed by atoms with Gasteiger partial charge in [0, 0.05) is 19.2 Å². The summed E-state index contributed by atoms with van der Waals surface area (Å²) in [5.74, 6) is -0.862. The number of nitrogens with zero attached hydrogens (tertiary/aromatic N) is 1. The normalized spacial score (nSPS) is 11.8. The number of anilines is 1. The topological polar surface area (TPSA) is 98.7 Å². The van der Waals surface area contributed by atoms with Gasteiger partial charge in [-0.25, -0.2) is 0 Å². The van der Waals surface area contributed by atoms with E-state index in [1.54, 1.807) is 31.3 Å². The van der Waals surface area contributed by atoms with Gasteiger partial charge < -0.3 is 20.6 Å². The van der Waals surface area contributed by atoms with E-state index in [1.807, 2.05) is 13.8 Å². The van der Waals surface area contributed by atoms with Gasteiger partial charge in [-0.05, 0) is 30.0 Å². The van der Waals surface area contributed by atoms with E-state index in [4.69, 9.17) is 5.11 Å². The van der Waals surface area contributed by atoms with Crippen LogP contribution >= 0.6 is 0 Å². The minimum Gasteiger partial charge on any atom is -0.392 e. The molecule has 3 amide bonds. The second kappa shape index (κ2) is 12.9. The number of carbonyl (C=O) groups excluding carboxylic acids is 3. The van der Waals surface area contributed by atoms with Crippen molar-refractivity contribution >= 4 is 23.4 Å². The van der Waals surface area contributed by atoms with Crippen LogP contribution in [0, 0.1) is 5.92 Å². The van der Waals surface area contributed by atoms with Crippen LogP contribution in [0.15, 0.2) is 24.3 Å². The zero-order valence-electron chi connectivity index (χ0n) is 18.0. The first-order valence-electron chi connectivity index (χ1n) is 10.3. The monoisotopic (exact) mass is 405 g/mol. The number of benzene rings is 1. The molecule has 1 aromatic carbocycles. The van der Waals surface area contributed by atoms with Crippen LogP contribution in [-0.2, 0) is 21.0 Å². The van der Waals surface area contributed by atoms with Gasteiger partial charge >= 0.3 is 0 Å². The summed E-state index contributed by atoms with van der Waals surface area (Å²) >= 11 is 0. The van der Waals surface area contributed by atoms with Crippen LogP contribution in [-0.4, -0.2) is 42.5 Å². The quantitative estimate of drug-likeness (QED) is 0.465. The van der Waals surface area contributed by atoms with Crippen molar-refractivity contribution in [2.45, 2.75) is 65.5 Å². The van der Waals surface area contributed by atoms with Gasteiger partial charge in [0.2, 0.25) is 17.7 Å². The number of amides is 3. The molecule has 0 aliphatic rings. The molecule has 0 spiro atoms. The fourth-order valence-corrected chi connectivity index (χ4v) is 2.85. The van der Waals surface area contributed by atoms with E-state index in [0.29, 0.717) is 12.1 Å². The Bertz CT molecular complexity index is 659. The highest BCUT2D eigenvalue weighted by Gasteiger charge is 2.24. The molecule has 0 heterocycles. The molecule has 0 fully saturated rings. The molecule has 0 aromatic heterocycles. The summed E-state index contributed by atoms with van der Waals surface area (Å²) in [5, 5.41) is 14.5. The third kappa shape index (κ3) is 8.64. The number of unbranched alkanes of at least 4 members (excludes halogenated alkanes) is 3. The van der Waals surface area contributed by atoms with Gasteiger partial charge in [-0.1, -0.05) is 52.2 Å². The van der Waals surface area contributed by atoms with E-state index < -0.39 is 6.04 Å². The summed E-state index contributed by atoms with van der Waals surface area (Å²) in [5.41, 5.74) is 1.43. The minimum absolute atomic E-state index is 0.0606. The third-order valence-electron chi connectivity index (χ3n) is 4.82. The Morgan fingerprint density at radius 1 is 1.07 bits per heavy atom. The number of hydrogen-bond acceptors (Lipinski definition) is 4. The summed E-state index contributed by atoms with van der Waals surface area (Å²) in [6.07, 6.45) is 4.42. The first-order chi connectivity index (χ1) is 13.8. The van der Waals surface area contributed by atoms with Gasteiger partial charge in [-0.15, -0.1) is 0 Å². The minimum atomic E-state index is -0.671. The average Bonchev–Trinajstić information content (AvgIpc) is 2.72. The Labute approximate surface area is 173 Å². The number of carbonyl (C=O) groups is 3. The number of aliphatic hydroxyl groups is 1. The maximum atomic E-state index is 12.5. The van der Waals surface area contributed by atoms with Gasteiger partial charge in [-0.2, -0.15) is 0 Å². The van der Waals surface area contributed by atoms with Crippen molar-refractivity contribution in [3.8, 4) is 0 Å². The fourth-order valence-electron chi connectivity index (χ4n) is 2.85. The maximum absolute atomic E-state index is 12.5. The highest BCUT2D eigenvalue weighted by atomic mass is 16.3. The molecule has 0 radical (unpaired) electrons. The van der Waals surface area contributed by atoms with Crippen LogP contribution in [0.25, 0.3) is 0 Å². The standard InChI is InChI=1S/C22H35N3O4/c1-5-6-7-8-9-19(27)24-21(16(2)3)22(29)23-14-20(28)25(4)18-12-10-17(15-26)11-13-18/h10-13,16,21,26H,5-9,14-15H2,1-4H3,(H,23,29)(H,24,27). The second-order valence-electron chi connectivity index (χ2n) is 7.59. The summed E-state index contributed by atoms with van der Waals surface area (Å²) in [4.78, 5) is 38.5. The fraction of sp³-hybridized carbons (Fsp3) is 0.591. The molecule has 7 nitrogen and oxygen atoms in total. The maximum Gasteiger partial charge on any atom is 0.246 e. The van der Waals surface area contributed by atoms with E-state index in [2.05, 4.69) is 17.6 Å². The molecular formula is C22H35N3O4. The smallest absolute Gasteiger partial charge is 0.246 e. The number of likely N-dealkylation sites (N-methyl/N-ethyl adjacent to an activating group) is 1. The molecule has 0 aliphatic carbocycles. The molecule has 1 rings (SSSR count). The van der Waals surface area contributed by atoms with E-state index in [0.717, 1.165) is 31.2 Å². The van der Waals surface area contributed by atoms with Crippen molar-refractivity contribution < 1.29 is 19.5 Å². The Morgan fingerprint density at radius 3 is 2.28 bits per heavy atom. The average molecular weight is 406 g/mol. The molecule has 1 atom stereocenters. The molecule has 162 valence electrons. The van der Waals surface area contributed by atoms with Crippen molar-refractivity contribution in [1.82, 2.24) is 10.6 Å². The highest BCUT2D eigenvalue weighted by molar-refractivity contribution is 5.97. The summed E-state index contributed by atoms with van der Waals surface area (Å²) < 4.78 is 0. The van der Waals surface area contributed by atoms with Gasteiger partial charge in [0.15, 0.2) is 0 Å². The first-order valence-corrected chi connectivity index (χ1v) is 10.3. The Morgan fingerprint density at radius 2 is 1.72 bits per heavy atom. The number of rotatable bonds is 12. The molecular weight excluding hydrogens is 370 g/mol. The SMILES string of the molecule is CCCCCCC(=O)NC(C(=O)NCC(=O)N(C)c1ccc(CO)cc1)C(C)C. The Balaban J connectivity index is 2.54. The molecule has 3 N–H and O–H groups in total. The zero-order chi connectivity index (χ0) is 21.8. The van der Waals surface area contributed by atoms with Crippen LogP contribution in [0.3, 0.4) is 0 Å². The third-order valence-corrected chi connectivity index (χ3v) is 4.82. The van der Waals surface area contributed by atoms with E-state index in [9.17, 15) is 14.4 Å². The van der Waals surface area contributed by atoms with Crippen molar-refractivity contribution in [2.24, 2.45) is 5.92 Å². The van der Waals surface area contributed by atoms with Gasteiger partial charge in [-0.3, -0.25) is 14.4 Å². The highest BCUT2D eigenvalue weighted by Crippen LogP contribution is 2.14. The van der Waals surface area contributed by atoms with E-state index in [-0.39, 0.29) is 36.8 Å². The van der Waals surface area contributed by atoms with E-state index in [1.165, 1.54) is 4.90 Å². The molecule has 0 aliphatic heterocycles. The van der Waals surface area contributed by atoms with Crippen LogP contribution < -0.4 is 15.5 Å². The van der Waals surface area contributed by atoms with E-state index >= 15 is 0 Å². The predicted octanol–water partition coefficient (Wildman–Crippen LogP) is 2.37. The van der Waals surface area contributed by atoms with Crippen molar-refractivity contribution in [3.05, 3.63) is 29.8 Å². The van der Waals surface area contributed by atoms with Crippen LogP contribution in [0.4, 0.5) is 5.69 Å². The zero-order valence-corrected chi connectivity index (χ0v) is 18.0. The van der Waals surface area contributed by atoms with Gasteiger partial charge in [0.25, 0.3) is 0 Å². The van der Waals surface area contributed by atoms with Gasteiger partial charge in [0.05, 0.1) is 13.2 Å². The lowest BCUT2D eigenvalue weighted by atomic mass is 10.0. The predicted molar refractivity (Wildman–Crippen MR) is 114 cm³/mol. The lowest BCUT2D eigenvalue weighted by Crippen LogP contribution is -2.51. The lowest BCUT2D eigenvalue weighted by molar-refractivity contribution is -0.131. The summed E-state index contributed by atoms with van der Waals surface area (Å²) in [6.45, 7) is 5.61. The van der Waals surface area contributed by atoms with Crippen molar-refractivity contribution in [1.29, 1.82) is 0 Å². The molecule has 29 heavy (non-hydrogen) atoms. The molecule has 1 unspecified atom stereocenters. The molecule has 0 saturated carbocycles. The summed E-state index contributed by atoms with van der Waals surface area (Å²) in [7, 11) is 1.63.